The summed E-state index contributed by atoms with van der Waals surface area (Å²) < 4.78 is 5.76. The number of rotatable bonds is 6. The van der Waals surface area contributed by atoms with Crippen LogP contribution in [0.4, 0.5) is 0 Å². The van der Waals surface area contributed by atoms with Crippen LogP contribution in [0.5, 0.6) is 0 Å². The predicted octanol–water partition coefficient (Wildman–Crippen LogP) is 6.09. The van der Waals surface area contributed by atoms with Crippen molar-refractivity contribution in [1.82, 2.24) is 4.98 Å². The highest BCUT2D eigenvalue weighted by Crippen LogP contribution is 2.35. The van der Waals surface area contributed by atoms with Gasteiger partial charge in [0.15, 0.2) is 0 Å². The summed E-state index contributed by atoms with van der Waals surface area (Å²) >= 11 is 1.65. The number of hydrogen-bond acceptors (Lipinski definition) is 4. The molecule has 1 heterocycles. The molecule has 1 aliphatic carbocycles. The highest BCUT2D eigenvalue weighted by molar-refractivity contribution is 7.16. The average molecular weight is 377 g/mol. The van der Waals surface area contributed by atoms with Gasteiger partial charge in [0.05, 0.1) is 16.6 Å². The van der Waals surface area contributed by atoms with Gasteiger partial charge < -0.3 is 4.74 Å². The Morgan fingerprint density at radius 3 is 2.89 bits per heavy atom. The van der Waals surface area contributed by atoms with Crippen molar-refractivity contribution >= 4 is 17.4 Å². The predicted molar refractivity (Wildman–Crippen MR) is 112 cm³/mol. The van der Waals surface area contributed by atoms with E-state index in [4.69, 9.17) is 4.74 Å². The van der Waals surface area contributed by atoms with Crippen LogP contribution in [0.25, 0.3) is 16.5 Å². The first-order valence-corrected chi connectivity index (χ1v) is 10.1. The van der Waals surface area contributed by atoms with Gasteiger partial charge in [0, 0.05) is 6.20 Å². The van der Waals surface area contributed by atoms with E-state index in [0.717, 1.165) is 11.4 Å². The van der Waals surface area contributed by atoms with Crippen LogP contribution in [-0.4, -0.2) is 11.1 Å². The normalized spacial score (nSPS) is 14.6. The van der Waals surface area contributed by atoms with Crippen molar-refractivity contribution in [3.8, 4) is 16.5 Å². The van der Waals surface area contributed by atoms with Crippen LogP contribution in [-0.2, 0) is 17.6 Å². The molecule has 1 aliphatic rings. The summed E-state index contributed by atoms with van der Waals surface area (Å²) in [7, 11) is 0. The molecule has 3 nitrogen and oxygen atoms in total. The van der Waals surface area contributed by atoms with Gasteiger partial charge in [-0.1, -0.05) is 24.3 Å². The largest absolute Gasteiger partial charge is 0.490 e. The number of allylic oxidation sites excluding steroid dienone is 4. The van der Waals surface area contributed by atoms with E-state index in [-0.39, 0.29) is 6.10 Å². The molecule has 0 unspecified atom stereocenters. The first-order valence-electron chi connectivity index (χ1n) is 9.31. The molecule has 0 atom stereocenters. The molecule has 1 aromatic heterocycles. The molecule has 0 spiro atoms. The molecule has 1 aromatic carbocycles. The van der Waals surface area contributed by atoms with Crippen molar-refractivity contribution in [3.05, 3.63) is 70.1 Å². The van der Waals surface area contributed by atoms with Crippen molar-refractivity contribution < 1.29 is 4.74 Å². The summed E-state index contributed by atoms with van der Waals surface area (Å²) in [6, 6.07) is 8.78. The summed E-state index contributed by atoms with van der Waals surface area (Å²) in [5.41, 5.74) is 4.74. The van der Waals surface area contributed by atoms with Gasteiger partial charge in [-0.2, -0.15) is 5.26 Å². The van der Waals surface area contributed by atoms with E-state index in [1.807, 2.05) is 45.2 Å². The molecule has 138 valence electrons. The zero-order valence-electron chi connectivity index (χ0n) is 16.0. The van der Waals surface area contributed by atoms with Crippen LogP contribution in [0.1, 0.15) is 43.3 Å². The number of aryl methyl sites for hydroxylation is 1. The fraction of sp³-hybridized carbons (Fsp3) is 0.304. The Labute approximate surface area is 165 Å². The third-order valence-corrected chi connectivity index (χ3v) is 5.39. The molecule has 0 N–H and O–H groups in total. The Bertz CT molecular complexity index is 942. The monoisotopic (exact) mass is 376 g/mol. The van der Waals surface area contributed by atoms with E-state index in [2.05, 4.69) is 29.3 Å². The molecule has 0 fully saturated rings. The van der Waals surface area contributed by atoms with Crippen molar-refractivity contribution in [2.45, 2.75) is 46.1 Å². The zero-order chi connectivity index (χ0) is 19.2. The minimum atomic E-state index is 0.0135. The minimum Gasteiger partial charge on any atom is -0.490 e. The van der Waals surface area contributed by atoms with Crippen molar-refractivity contribution in [3.63, 3.8) is 0 Å². The van der Waals surface area contributed by atoms with E-state index in [0.29, 0.717) is 11.3 Å². The van der Waals surface area contributed by atoms with Gasteiger partial charge in [-0.05, 0) is 75.0 Å². The molecule has 0 saturated heterocycles. The highest BCUT2D eigenvalue weighted by Gasteiger charge is 2.16. The standard InChI is InChI=1S/C23H24N2OS/c1-4-7-21(26-16(2)3)18(14-24)12-13-23-25-15-22(27-23)20-11-6-9-17-8-5-10-19(17)20/h4,6-7,9,11-13,15-16H,5,8,10H2,1-3H3/b7-4-,13-12+,21-18-. The fourth-order valence-corrected chi connectivity index (χ4v) is 4.14. The Balaban J connectivity index is 1.87. The number of nitrogens with zero attached hydrogens (tertiary/aromatic N) is 2. The van der Waals surface area contributed by atoms with E-state index in [1.54, 1.807) is 17.4 Å². The SMILES string of the molecule is C\C=C/C(OC(C)C)=C(C#N)\C=C\c1ncc(-c2cccc3c2CCC3)s1. The van der Waals surface area contributed by atoms with Gasteiger partial charge in [0.2, 0.25) is 0 Å². The quantitative estimate of drug-likeness (QED) is 0.348. The molecule has 0 aliphatic heterocycles. The second-order valence-corrected chi connectivity index (χ2v) is 7.81. The van der Waals surface area contributed by atoms with Crippen molar-refractivity contribution in [2.24, 2.45) is 0 Å². The molecule has 0 bridgehead atoms. The summed E-state index contributed by atoms with van der Waals surface area (Å²) in [4.78, 5) is 5.71. The number of fused-ring (bicyclic) bond motifs is 1. The van der Waals surface area contributed by atoms with E-state index in [9.17, 15) is 5.26 Å². The maximum Gasteiger partial charge on any atom is 0.137 e. The highest BCUT2D eigenvalue weighted by atomic mass is 32.1. The lowest BCUT2D eigenvalue weighted by atomic mass is 10.0. The smallest absolute Gasteiger partial charge is 0.137 e. The maximum absolute atomic E-state index is 9.51. The summed E-state index contributed by atoms with van der Waals surface area (Å²) in [5.74, 6) is 0.587. The van der Waals surface area contributed by atoms with Gasteiger partial charge in [-0.25, -0.2) is 4.98 Å². The van der Waals surface area contributed by atoms with E-state index in [1.165, 1.54) is 34.4 Å². The van der Waals surface area contributed by atoms with Gasteiger partial charge in [-0.3, -0.25) is 0 Å². The number of ether oxygens (including phenoxy) is 1. The number of aromatic nitrogens is 1. The molecule has 27 heavy (non-hydrogen) atoms. The lowest BCUT2D eigenvalue weighted by molar-refractivity contribution is 0.156. The summed E-state index contributed by atoms with van der Waals surface area (Å²) in [6.45, 7) is 5.81. The number of nitriles is 1. The summed E-state index contributed by atoms with van der Waals surface area (Å²) in [6.07, 6.45) is 12.9. The van der Waals surface area contributed by atoms with Crippen LogP contribution in [0.3, 0.4) is 0 Å². The second-order valence-electron chi connectivity index (χ2n) is 6.75. The van der Waals surface area contributed by atoms with Gasteiger partial charge in [0.25, 0.3) is 0 Å². The van der Waals surface area contributed by atoms with Crippen LogP contribution >= 0.6 is 11.3 Å². The van der Waals surface area contributed by atoms with Crippen molar-refractivity contribution in [1.29, 1.82) is 5.26 Å². The molecule has 3 rings (SSSR count). The average Bonchev–Trinajstić information content (AvgIpc) is 3.31. The van der Waals surface area contributed by atoms with Crippen LogP contribution in [0, 0.1) is 11.3 Å². The number of hydrogen-bond donors (Lipinski definition) is 0. The Morgan fingerprint density at radius 2 is 2.15 bits per heavy atom. The minimum absolute atomic E-state index is 0.0135. The first kappa shape index (κ1) is 19.1. The Morgan fingerprint density at radius 1 is 1.30 bits per heavy atom. The molecular weight excluding hydrogens is 352 g/mol. The van der Waals surface area contributed by atoms with E-state index < -0.39 is 0 Å². The molecule has 0 saturated carbocycles. The number of benzene rings is 1. The van der Waals surface area contributed by atoms with Gasteiger partial charge in [0.1, 0.15) is 16.8 Å². The lowest BCUT2D eigenvalue weighted by Crippen LogP contribution is -2.02. The van der Waals surface area contributed by atoms with Crippen molar-refractivity contribution in [2.75, 3.05) is 0 Å². The second kappa shape index (κ2) is 8.83. The lowest BCUT2D eigenvalue weighted by Gasteiger charge is -2.11. The Kier molecular flexibility index (Phi) is 6.26. The van der Waals surface area contributed by atoms with Crippen LogP contribution in [0.15, 0.2) is 54.0 Å². The van der Waals surface area contributed by atoms with Crippen LogP contribution < -0.4 is 0 Å². The fourth-order valence-electron chi connectivity index (χ4n) is 3.27. The van der Waals surface area contributed by atoms with Crippen LogP contribution in [0.2, 0.25) is 0 Å². The topological polar surface area (TPSA) is 45.9 Å². The molecule has 2 aromatic rings. The molecule has 0 radical (unpaired) electrons. The molecule has 0 amide bonds. The maximum atomic E-state index is 9.51. The molecular formula is C23H24N2OS. The van der Waals surface area contributed by atoms with Gasteiger partial charge >= 0.3 is 0 Å². The third-order valence-electron chi connectivity index (χ3n) is 4.39. The molecule has 4 heteroatoms. The van der Waals surface area contributed by atoms with Gasteiger partial charge in [-0.15, -0.1) is 11.3 Å². The first-order chi connectivity index (χ1) is 13.1. The Hall–Kier alpha value is -2.64. The number of thiazole rings is 1. The third kappa shape index (κ3) is 4.56. The van der Waals surface area contributed by atoms with E-state index >= 15 is 0 Å². The summed E-state index contributed by atoms with van der Waals surface area (Å²) in [5, 5.41) is 10.4. The zero-order valence-corrected chi connectivity index (χ0v) is 16.8.